The fourth-order valence-electron chi connectivity index (χ4n) is 1.61. The maximum atomic E-state index is 4.48. The summed E-state index contributed by atoms with van der Waals surface area (Å²) >= 11 is 1.77. The molecule has 13 heavy (non-hydrogen) atoms. The van der Waals surface area contributed by atoms with Gasteiger partial charge in [0, 0.05) is 11.9 Å². The molecular weight excluding hydrogens is 178 g/mol. The largest absolute Gasteiger partial charge is 0.260 e. The van der Waals surface area contributed by atoms with Gasteiger partial charge in [-0.25, -0.2) is 0 Å². The molecule has 0 aromatic carbocycles. The molecule has 0 N–H and O–H groups in total. The van der Waals surface area contributed by atoms with Crippen LogP contribution in [0.3, 0.4) is 0 Å². The number of thiophene rings is 1. The molecule has 0 radical (unpaired) electrons. The highest BCUT2D eigenvalue weighted by Gasteiger charge is 2.04. The van der Waals surface area contributed by atoms with Crippen molar-refractivity contribution in [2.75, 3.05) is 0 Å². The number of aromatic nitrogens is 1. The maximum absolute atomic E-state index is 4.48. The van der Waals surface area contributed by atoms with Crippen LogP contribution in [-0.2, 0) is 6.42 Å². The van der Waals surface area contributed by atoms with Gasteiger partial charge in [-0.3, -0.25) is 4.98 Å². The van der Waals surface area contributed by atoms with E-state index in [1.165, 1.54) is 27.8 Å². The first-order valence-electron chi connectivity index (χ1n) is 4.64. The number of fused-ring (bicyclic) bond motifs is 1. The summed E-state index contributed by atoms with van der Waals surface area (Å²) in [5.74, 6) is 0. The summed E-state index contributed by atoms with van der Waals surface area (Å²) < 4.78 is 1.30. The van der Waals surface area contributed by atoms with Crippen LogP contribution in [0, 0.1) is 6.92 Å². The Balaban J connectivity index is 2.59. The number of pyridine rings is 1. The zero-order valence-corrected chi connectivity index (χ0v) is 8.82. The lowest BCUT2D eigenvalue weighted by Crippen LogP contribution is -1.92. The van der Waals surface area contributed by atoms with Gasteiger partial charge in [-0.05, 0) is 35.7 Å². The fraction of sp³-hybridized carbons (Fsp3) is 0.364. The van der Waals surface area contributed by atoms with Gasteiger partial charge in [-0.2, -0.15) is 0 Å². The van der Waals surface area contributed by atoms with E-state index in [2.05, 4.69) is 30.3 Å². The van der Waals surface area contributed by atoms with Gasteiger partial charge >= 0.3 is 0 Å². The molecule has 0 saturated carbocycles. The van der Waals surface area contributed by atoms with Gasteiger partial charge in [0.15, 0.2) is 0 Å². The Morgan fingerprint density at radius 1 is 1.46 bits per heavy atom. The van der Waals surface area contributed by atoms with E-state index in [9.17, 15) is 0 Å². The van der Waals surface area contributed by atoms with E-state index in [4.69, 9.17) is 0 Å². The molecule has 0 amide bonds. The van der Waals surface area contributed by atoms with Gasteiger partial charge in [0.2, 0.25) is 0 Å². The summed E-state index contributed by atoms with van der Waals surface area (Å²) in [6, 6.07) is 2.19. The molecule has 0 atom stereocenters. The van der Waals surface area contributed by atoms with E-state index in [1.807, 2.05) is 6.20 Å². The highest BCUT2D eigenvalue weighted by Crippen LogP contribution is 2.25. The number of rotatable bonds is 2. The van der Waals surface area contributed by atoms with Crippen molar-refractivity contribution in [3.63, 3.8) is 0 Å². The summed E-state index contributed by atoms with van der Waals surface area (Å²) in [5.41, 5.74) is 2.62. The van der Waals surface area contributed by atoms with Crippen molar-refractivity contribution in [1.82, 2.24) is 4.98 Å². The third kappa shape index (κ3) is 1.46. The molecular formula is C11H13NS. The van der Waals surface area contributed by atoms with Gasteiger partial charge in [0.05, 0.1) is 4.70 Å². The van der Waals surface area contributed by atoms with Crippen molar-refractivity contribution in [2.45, 2.75) is 26.7 Å². The van der Waals surface area contributed by atoms with E-state index in [-0.39, 0.29) is 0 Å². The Morgan fingerprint density at radius 2 is 2.31 bits per heavy atom. The third-order valence-corrected chi connectivity index (χ3v) is 3.21. The minimum atomic E-state index is 1.09. The average Bonchev–Trinajstić information content (AvgIpc) is 2.58. The summed E-state index contributed by atoms with van der Waals surface area (Å²) in [5, 5.41) is 3.51. The fourth-order valence-corrected chi connectivity index (χ4v) is 2.42. The molecule has 2 aromatic heterocycles. The van der Waals surface area contributed by atoms with Gasteiger partial charge < -0.3 is 0 Å². The van der Waals surface area contributed by atoms with Gasteiger partial charge in [-0.1, -0.05) is 13.3 Å². The Labute approximate surface area is 82.4 Å². The number of hydrogen-bond donors (Lipinski definition) is 0. The Bertz CT molecular complexity index is 417. The van der Waals surface area contributed by atoms with Crippen LogP contribution in [0.25, 0.3) is 10.1 Å². The van der Waals surface area contributed by atoms with E-state index in [0.717, 1.165) is 6.42 Å². The summed E-state index contributed by atoms with van der Waals surface area (Å²) in [6.45, 7) is 4.37. The molecule has 2 rings (SSSR count). The maximum Gasteiger partial charge on any atom is 0.0528 e. The predicted octanol–water partition coefficient (Wildman–Crippen LogP) is 3.56. The number of nitrogens with zero attached hydrogens (tertiary/aromatic N) is 1. The minimum Gasteiger partial charge on any atom is -0.260 e. The lowest BCUT2D eigenvalue weighted by molar-refractivity contribution is 0.876. The monoisotopic (exact) mass is 191 g/mol. The lowest BCUT2D eigenvalue weighted by Gasteiger charge is -2.03. The Hall–Kier alpha value is -0.890. The van der Waals surface area contributed by atoms with Crippen LogP contribution < -0.4 is 0 Å². The first-order valence-corrected chi connectivity index (χ1v) is 5.52. The first kappa shape index (κ1) is 8.70. The van der Waals surface area contributed by atoms with Crippen molar-refractivity contribution in [2.24, 2.45) is 0 Å². The standard InChI is InChI=1S/C11H13NS/c1-3-4-10-8(2)9-5-6-13-11(9)7-12-10/h5-7H,3-4H2,1-2H3. The minimum absolute atomic E-state index is 1.09. The zero-order valence-electron chi connectivity index (χ0n) is 8.00. The van der Waals surface area contributed by atoms with E-state index in [1.54, 1.807) is 11.3 Å². The zero-order chi connectivity index (χ0) is 9.26. The van der Waals surface area contributed by atoms with Crippen LogP contribution in [0.5, 0.6) is 0 Å². The van der Waals surface area contributed by atoms with Gasteiger partial charge in [0.25, 0.3) is 0 Å². The molecule has 0 aliphatic heterocycles. The van der Waals surface area contributed by atoms with Crippen molar-refractivity contribution < 1.29 is 0 Å². The molecule has 2 heteroatoms. The van der Waals surface area contributed by atoms with Crippen LogP contribution in [0.1, 0.15) is 24.6 Å². The topological polar surface area (TPSA) is 12.9 Å². The van der Waals surface area contributed by atoms with Crippen LogP contribution in [0.15, 0.2) is 17.6 Å². The summed E-state index contributed by atoms with van der Waals surface area (Å²) in [7, 11) is 0. The van der Waals surface area contributed by atoms with Crippen LogP contribution in [0.4, 0.5) is 0 Å². The van der Waals surface area contributed by atoms with E-state index >= 15 is 0 Å². The molecule has 2 aromatic rings. The van der Waals surface area contributed by atoms with Crippen molar-refractivity contribution in [3.8, 4) is 0 Å². The van der Waals surface area contributed by atoms with Crippen LogP contribution in [-0.4, -0.2) is 4.98 Å². The molecule has 0 aliphatic carbocycles. The first-order chi connectivity index (χ1) is 6.33. The predicted molar refractivity (Wildman–Crippen MR) is 58.4 cm³/mol. The quantitative estimate of drug-likeness (QED) is 0.707. The molecule has 0 spiro atoms. The number of hydrogen-bond acceptors (Lipinski definition) is 2. The number of aryl methyl sites for hydroxylation is 2. The lowest BCUT2D eigenvalue weighted by atomic mass is 10.1. The van der Waals surface area contributed by atoms with Crippen molar-refractivity contribution in [3.05, 3.63) is 28.9 Å². The molecule has 0 unspecified atom stereocenters. The Morgan fingerprint density at radius 3 is 3.08 bits per heavy atom. The van der Waals surface area contributed by atoms with E-state index < -0.39 is 0 Å². The summed E-state index contributed by atoms with van der Waals surface area (Å²) in [4.78, 5) is 4.48. The Kier molecular flexibility index (Phi) is 2.32. The molecule has 1 nitrogen and oxygen atoms in total. The average molecular weight is 191 g/mol. The highest BCUT2D eigenvalue weighted by atomic mass is 32.1. The molecule has 0 saturated heterocycles. The highest BCUT2D eigenvalue weighted by molar-refractivity contribution is 7.17. The molecule has 0 fully saturated rings. The molecule has 2 heterocycles. The second kappa shape index (κ2) is 3.46. The molecule has 0 bridgehead atoms. The van der Waals surface area contributed by atoms with Crippen molar-refractivity contribution in [1.29, 1.82) is 0 Å². The molecule has 68 valence electrons. The normalized spacial score (nSPS) is 10.9. The van der Waals surface area contributed by atoms with Crippen LogP contribution >= 0.6 is 11.3 Å². The second-order valence-corrected chi connectivity index (χ2v) is 4.23. The smallest absolute Gasteiger partial charge is 0.0528 e. The SMILES string of the molecule is CCCc1ncc2sccc2c1C. The molecule has 0 aliphatic rings. The summed E-state index contributed by atoms with van der Waals surface area (Å²) in [6.07, 6.45) is 4.26. The van der Waals surface area contributed by atoms with Gasteiger partial charge in [-0.15, -0.1) is 11.3 Å². The second-order valence-electron chi connectivity index (χ2n) is 3.28. The van der Waals surface area contributed by atoms with Crippen LogP contribution in [0.2, 0.25) is 0 Å². The van der Waals surface area contributed by atoms with Gasteiger partial charge in [0.1, 0.15) is 0 Å². The van der Waals surface area contributed by atoms with Crippen molar-refractivity contribution >= 4 is 21.4 Å². The van der Waals surface area contributed by atoms with E-state index in [0.29, 0.717) is 0 Å². The third-order valence-electron chi connectivity index (χ3n) is 2.36.